The SMILES string of the molecule is CCS(=O)(=O)CCCC(C)(C#N)C(C)=O. The average Bonchev–Trinajstić information content (AvgIpc) is 2.17. The van der Waals surface area contributed by atoms with Crippen molar-refractivity contribution in [2.24, 2.45) is 5.41 Å². The molecule has 0 rings (SSSR count). The summed E-state index contributed by atoms with van der Waals surface area (Å²) in [5.74, 6) is -0.0522. The van der Waals surface area contributed by atoms with Crippen LogP contribution in [0, 0.1) is 16.7 Å². The summed E-state index contributed by atoms with van der Waals surface area (Å²) < 4.78 is 22.4. The fourth-order valence-corrected chi connectivity index (χ4v) is 1.97. The summed E-state index contributed by atoms with van der Waals surface area (Å²) >= 11 is 0. The first kappa shape index (κ1) is 14.1. The third-order valence-electron chi connectivity index (χ3n) is 2.60. The van der Waals surface area contributed by atoms with E-state index in [0.29, 0.717) is 12.8 Å². The number of sulfone groups is 1. The van der Waals surface area contributed by atoms with Crippen molar-refractivity contribution < 1.29 is 13.2 Å². The molecule has 0 aromatic rings. The summed E-state index contributed by atoms with van der Waals surface area (Å²) in [6, 6.07) is 1.94. The molecule has 0 saturated carbocycles. The highest BCUT2D eigenvalue weighted by Gasteiger charge is 2.29. The normalized spacial score (nSPS) is 15.3. The van der Waals surface area contributed by atoms with Crippen LogP contribution in [0.5, 0.6) is 0 Å². The first-order valence-corrected chi connectivity index (χ1v) is 6.72. The Morgan fingerprint density at radius 2 is 2.00 bits per heavy atom. The molecular formula is C10H17NO3S. The fourth-order valence-electron chi connectivity index (χ4n) is 1.10. The van der Waals surface area contributed by atoms with Crippen LogP contribution in [-0.4, -0.2) is 25.7 Å². The molecule has 0 aromatic carbocycles. The van der Waals surface area contributed by atoms with Crippen molar-refractivity contribution in [1.82, 2.24) is 0 Å². The lowest BCUT2D eigenvalue weighted by atomic mass is 9.84. The molecule has 0 bridgehead atoms. The number of nitrogens with zero attached hydrogens (tertiary/aromatic N) is 1. The first-order valence-electron chi connectivity index (χ1n) is 4.90. The van der Waals surface area contributed by atoms with Gasteiger partial charge >= 0.3 is 0 Å². The Morgan fingerprint density at radius 1 is 1.47 bits per heavy atom. The summed E-state index contributed by atoms with van der Waals surface area (Å²) in [5.41, 5.74) is -1.04. The highest BCUT2D eigenvalue weighted by Crippen LogP contribution is 2.23. The van der Waals surface area contributed by atoms with Gasteiger partial charge < -0.3 is 0 Å². The van der Waals surface area contributed by atoms with Crippen molar-refractivity contribution in [2.75, 3.05) is 11.5 Å². The van der Waals surface area contributed by atoms with Crippen LogP contribution in [0.15, 0.2) is 0 Å². The number of hydrogen-bond donors (Lipinski definition) is 0. The molecule has 1 atom stereocenters. The second-order valence-electron chi connectivity index (χ2n) is 3.84. The van der Waals surface area contributed by atoms with Crippen molar-refractivity contribution in [3.63, 3.8) is 0 Å². The zero-order valence-electron chi connectivity index (χ0n) is 9.41. The first-order chi connectivity index (χ1) is 6.77. The minimum absolute atomic E-state index is 0.0497. The van der Waals surface area contributed by atoms with Gasteiger partial charge in [0.05, 0.1) is 11.8 Å². The van der Waals surface area contributed by atoms with Gasteiger partial charge in [-0.05, 0) is 26.7 Å². The van der Waals surface area contributed by atoms with E-state index >= 15 is 0 Å². The van der Waals surface area contributed by atoms with Crippen molar-refractivity contribution in [3.8, 4) is 6.07 Å². The van der Waals surface area contributed by atoms with E-state index in [2.05, 4.69) is 0 Å². The fraction of sp³-hybridized carbons (Fsp3) is 0.800. The molecule has 0 aliphatic heterocycles. The minimum Gasteiger partial charge on any atom is -0.298 e. The molecule has 4 nitrogen and oxygen atoms in total. The van der Waals surface area contributed by atoms with E-state index in [-0.39, 0.29) is 17.3 Å². The zero-order valence-corrected chi connectivity index (χ0v) is 10.2. The van der Waals surface area contributed by atoms with Gasteiger partial charge in [-0.15, -0.1) is 0 Å². The number of carbonyl (C=O) groups excluding carboxylic acids is 1. The Labute approximate surface area is 91.2 Å². The minimum atomic E-state index is -3.00. The molecule has 15 heavy (non-hydrogen) atoms. The number of ketones is 1. The molecule has 0 aromatic heterocycles. The topological polar surface area (TPSA) is 75.0 Å². The Balaban J connectivity index is 4.30. The predicted octanol–water partition coefficient (Wildman–Crippen LogP) is 1.32. The van der Waals surface area contributed by atoms with E-state index in [1.807, 2.05) is 6.07 Å². The lowest BCUT2D eigenvalue weighted by molar-refractivity contribution is -0.123. The van der Waals surface area contributed by atoms with Gasteiger partial charge in [0.15, 0.2) is 0 Å². The summed E-state index contributed by atoms with van der Waals surface area (Å²) in [5, 5.41) is 8.82. The van der Waals surface area contributed by atoms with E-state index in [9.17, 15) is 13.2 Å². The van der Waals surface area contributed by atoms with Gasteiger partial charge in [0.1, 0.15) is 21.0 Å². The van der Waals surface area contributed by atoms with E-state index in [1.54, 1.807) is 13.8 Å². The van der Waals surface area contributed by atoms with Crippen LogP contribution in [0.25, 0.3) is 0 Å². The quantitative estimate of drug-likeness (QED) is 0.691. The van der Waals surface area contributed by atoms with Crippen molar-refractivity contribution in [2.45, 2.75) is 33.6 Å². The number of carbonyl (C=O) groups is 1. The molecule has 86 valence electrons. The van der Waals surface area contributed by atoms with Crippen LogP contribution in [-0.2, 0) is 14.6 Å². The summed E-state index contributed by atoms with van der Waals surface area (Å²) in [6.45, 7) is 4.50. The number of rotatable bonds is 6. The third-order valence-corrected chi connectivity index (χ3v) is 4.39. The Kier molecular flexibility index (Phi) is 4.95. The summed E-state index contributed by atoms with van der Waals surface area (Å²) in [7, 11) is -3.00. The highest BCUT2D eigenvalue weighted by molar-refractivity contribution is 7.91. The highest BCUT2D eigenvalue weighted by atomic mass is 32.2. The van der Waals surface area contributed by atoms with Crippen LogP contribution in [0.2, 0.25) is 0 Å². The zero-order chi connectivity index (χ0) is 12.1. The van der Waals surface area contributed by atoms with Crippen LogP contribution < -0.4 is 0 Å². The van der Waals surface area contributed by atoms with Gasteiger partial charge in [-0.2, -0.15) is 5.26 Å². The predicted molar refractivity (Wildman–Crippen MR) is 58.0 cm³/mol. The molecule has 0 aliphatic rings. The van der Waals surface area contributed by atoms with Crippen molar-refractivity contribution in [1.29, 1.82) is 5.26 Å². The van der Waals surface area contributed by atoms with Gasteiger partial charge in [0.2, 0.25) is 0 Å². The van der Waals surface area contributed by atoms with E-state index < -0.39 is 15.3 Å². The smallest absolute Gasteiger partial charge is 0.150 e. The van der Waals surface area contributed by atoms with Gasteiger partial charge in [0.25, 0.3) is 0 Å². The van der Waals surface area contributed by atoms with Crippen molar-refractivity contribution in [3.05, 3.63) is 0 Å². The average molecular weight is 231 g/mol. The maximum Gasteiger partial charge on any atom is 0.150 e. The standard InChI is InChI=1S/C10H17NO3S/c1-4-15(13,14)7-5-6-10(3,8-11)9(2)12/h4-7H2,1-3H3. The van der Waals surface area contributed by atoms with E-state index in [0.717, 1.165) is 0 Å². The lowest BCUT2D eigenvalue weighted by Gasteiger charge is -2.17. The molecule has 0 N–H and O–H groups in total. The summed E-state index contributed by atoms with van der Waals surface area (Å²) in [4.78, 5) is 11.1. The molecule has 0 fully saturated rings. The van der Waals surface area contributed by atoms with Gasteiger partial charge in [-0.3, -0.25) is 4.79 Å². The van der Waals surface area contributed by atoms with E-state index in [1.165, 1.54) is 6.92 Å². The number of Topliss-reactive ketones (excluding diaryl/α,β-unsaturated/α-hetero) is 1. The number of nitriles is 1. The van der Waals surface area contributed by atoms with Crippen molar-refractivity contribution >= 4 is 15.6 Å². The second-order valence-corrected chi connectivity index (χ2v) is 6.31. The molecule has 0 spiro atoms. The Morgan fingerprint density at radius 3 is 2.33 bits per heavy atom. The maximum absolute atomic E-state index is 11.2. The van der Waals surface area contributed by atoms with Crippen LogP contribution in [0.1, 0.15) is 33.6 Å². The van der Waals surface area contributed by atoms with Crippen LogP contribution in [0.4, 0.5) is 0 Å². The molecule has 5 heteroatoms. The second kappa shape index (κ2) is 5.26. The molecule has 0 radical (unpaired) electrons. The maximum atomic E-state index is 11.2. The summed E-state index contributed by atoms with van der Waals surface area (Å²) in [6.07, 6.45) is 0.665. The lowest BCUT2D eigenvalue weighted by Crippen LogP contribution is -2.24. The Bertz CT molecular complexity index is 367. The van der Waals surface area contributed by atoms with Crippen LogP contribution >= 0.6 is 0 Å². The van der Waals surface area contributed by atoms with Crippen LogP contribution in [0.3, 0.4) is 0 Å². The molecular weight excluding hydrogens is 214 g/mol. The molecule has 1 unspecified atom stereocenters. The molecule has 0 amide bonds. The molecule has 0 aliphatic carbocycles. The monoisotopic (exact) mass is 231 g/mol. The van der Waals surface area contributed by atoms with Gasteiger partial charge in [-0.1, -0.05) is 6.92 Å². The third kappa shape index (κ3) is 4.43. The van der Waals surface area contributed by atoms with Gasteiger partial charge in [-0.25, -0.2) is 8.42 Å². The molecule has 0 heterocycles. The van der Waals surface area contributed by atoms with Gasteiger partial charge in [0, 0.05) is 5.75 Å². The Hall–Kier alpha value is -0.890. The number of hydrogen-bond acceptors (Lipinski definition) is 4. The van der Waals surface area contributed by atoms with E-state index in [4.69, 9.17) is 5.26 Å². The molecule has 0 saturated heterocycles. The largest absolute Gasteiger partial charge is 0.298 e.